The van der Waals surface area contributed by atoms with Gasteiger partial charge in [-0.05, 0) is 53.9 Å². The van der Waals surface area contributed by atoms with Gasteiger partial charge in [-0.2, -0.15) is 0 Å². The van der Waals surface area contributed by atoms with Gasteiger partial charge in [-0.15, -0.1) is 0 Å². The minimum Gasteiger partial charge on any atom is -0.484 e. The lowest BCUT2D eigenvalue weighted by atomic mass is 10.0. The molecule has 1 amide bonds. The molecule has 0 bridgehead atoms. The van der Waals surface area contributed by atoms with Crippen LogP contribution in [0.2, 0.25) is 0 Å². The Morgan fingerprint density at radius 1 is 0.933 bits per heavy atom. The highest BCUT2D eigenvalue weighted by Crippen LogP contribution is 2.26. The van der Waals surface area contributed by atoms with Crippen LogP contribution in [0.1, 0.15) is 25.3 Å². The van der Waals surface area contributed by atoms with E-state index in [-0.39, 0.29) is 12.5 Å². The summed E-state index contributed by atoms with van der Waals surface area (Å²) in [6.07, 6.45) is 0. The molecule has 150 valence electrons. The van der Waals surface area contributed by atoms with E-state index in [1.807, 2.05) is 60.7 Å². The van der Waals surface area contributed by atoms with Gasteiger partial charge in [0.2, 0.25) is 0 Å². The Kier molecular flexibility index (Phi) is 5.75. The first-order valence-electron chi connectivity index (χ1n) is 10.1. The van der Waals surface area contributed by atoms with Crippen molar-refractivity contribution in [2.75, 3.05) is 11.9 Å². The van der Waals surface area contributed by atoms with Crippen molar-refractivity contribution in [1.82, 2.24) is 4.98 Å². The van der Waals surface area contributed by atoms with Gasteiger partial charge >= 0.3 is 0 Å². The molecule has 30 heavy (non-hydrogen) atoms. The van der Waals surface area contributed by atoms with E-state index in [0.717, 1.165) is 22.2 Å². The summed E-state index contributed by atoms with van der Waals surface area (Å²) in [5.74, 6) is 0.950. The van der Waals surface area contributed by atoms with Crippen LogP contribution in [-0.2, 0) is 4.79 Å². The normalized spacial score (nSPS) is 10.9. The minimum absolute atomic E-state index is 0.0410. The van der Waals surface area contributed by atoms with Crippen molar-refractivity contribution in [1.29, 1.82) is 0 Å². The highest BCUT2D eigenvalue weighted by atomic mass is 16.5. The third kappa shape index (κ3) is 4.66. The molecule has 4 nitrogen and oxygen atoms in total. The van der Waals surface area contributed by atoms with Crippen LogP contribution < -0.4 is 10.1 Å². The Morgan fingerprint density at radius 2 is 1.77 bits per heavy atom. The number of benzene rings is 3. The molecule has 0 saturated heterocycles. The lowest BCUT2D eigenvalue weighted by Gasteiger charge is -2.10. The number of amides is 1. The third-order valence-electron chi connectivity index (χ3n) is 4.94. The lowest BCUT2D eigenvalue weighted by molar-refractivity contribution is -0.118. The topological polar surface area (TPSA) is 51.2 Å². The molecule has 1 aromatic heterocycles. The fourth-order valence-corrected chi connectivity index (χ4v) is 3.28. The summed E-state index contributed by atoms with van der Waals surface area (Å²) in [5.41, 5.74) is 4.80. The molecule has 3 aromatic carbocycles. The Balaban J connectivity index is 1.48. The van der Waals surface area contributed by atoms with Crippen molar-refractivity contribution < 1.29 is 9.53 Å². The van der Waals surface area contributed by atoms with Crippen LogP contribution in [0.15, 0.2) is 84.9 Å². The highest BCUT2D eigenvalue weighted by molar-refractivity contribution is 5.92. The van der Waals surface area contributed by atoms with Gasteiger partial charge in [-0.25, -0.2) is 4.98 Å². The number of ether oxygens (including phenoxy) is 1. The van der Waals surface area contributed by atoms with E-state index in [9.17, 15) is 4.79 Å². The van der Waals surface area contributed by atoms with Crippen molar-refractivity contribution >= 4 is 22.5 Å². The maximum absolute atomic E-state index is 12.2. The fourth-order valence-electron chi connectivity index (χ4n) is 3.28. The van der Waals surface area contributed by atoms with Gasteiger partial charge in [0.15, 0.2) is 6.61 Å². The monoisotopic (exact) mass is 396 g/mol. The summed E-state index contributed by atoms with van der Waals surface area (Å²) >= 11 is 0. The molecule has 0 aliphatic heterocycles. The molecule has 0 fully saturated rings. The Bertz CT molecular complexity index is 1170. The zero-order valence-electron chi connectivity index (χ0n) is 17.1. The Hall–Kier alpha value is -3.66. The second kappa shape index (κ2) is 8.78. The maximum atomic E-state index is 12.2. The Labute approximate surface area is 176 Å². The molecule has 0 atom stereocenters. The van der Waals surface area contributed by atoms with E-state index in [1.54, 1.807) is 0 Å². The van der Waals surface area contributed by atoms with Crippen molar-refractivity contribution in [3.05, 3.63) is 90.5 Å². The second-order valence-electron chi connectivity index (χ2n) is 7.53. The number of hydrogen-bond donors (Lipinski definition) is 1. The average molecular weight is 396 g/mol. The van der Waals surface area contributed by atoms with Crippen molar-refractivity contribution in [2.24, 2.45) is 0 Å². The predicted octanol–water partition coefficient (Wildman–Crippen LogP) is 6.04. The van der Waals surface area contributed by atoms with Gasteiger partial charge < -0.3 is 10.1 Å². The van der Waals surface area contributed by atoms with E-state index < -0.39 is 0 Å². The zero-order chi connectivity index (χ0) is 20.9. The van der Waals surface area contributed by atoms with Crippen LogP contribution in [0, 0.1) is 0 Å². The SMILES string of the molecule is CC(C)c1ccc2nc(-c3cccc(NC(=O)COc4ccccc4)c3)ccc2c1. The van der Waals surface area contributed by atoms with E-state index in [0.29, 0.717) is 17.4 Å². The number of carbonyl (C=O) groups is 1. The van der Waals surface area contributed by atoms with E-state index in [1.165, 1.54) is 5.56 Å². The van der Waals surface area contributed by atoms with Crippen LogP contribution in [0.3, 0.4) is 0 Å². The number of hydrogen-bond acceptors (Lipinski definition) is 3. The molecular weight excluding hydrogens is 372 g/mol. The number of pyridine rings is 1. The molecule has 1 N–H and O–H groups in total. The molecule has 0 aliphatic carbocycles. The second-order valence-corrected chi connectivity index (χ2v) is 7.53. The molecule has 0 saturated carbocycles. The summed E-state index contributed by atoms with van der Waals surface area (Å²) in [5, 5.41) is 4.02. The smallest absolute Gasteiger partial charge is 0.262 e. The molecular formula is C26H24N2O2. The standard InChI is InChI=1S/C26H24N2O2/c1-18(2)19-11-13-25-21(15-19)12-14-24(28-25)20-7-6-8-22(16-20)27-26(29)17-30-23-9-4-3-5-10-23/h3-16,18H,17H2,1-2H3,(H,27,29). The summed E-state index contributed by atoms with van der Waals surface area (Å²) in [6, 6.07) is 27.5. The number of carbonyl (C=O) groups excluding carboxylic acids is 1. The van der Waals surface area contributed by atoms with Crippen molar-refractivity contribution in [3.8, 4) is 17.0 Å². The fraction of sp³-hybridized carbons (Fsp3) is 0.154. The van der Waals surface area contributed by atoms with Crippen LogP contribution in [0.4, 0.5) is 5.69 Å². The number of nitrogens with zero attached hydrogens (tertiary/aromatic N) is 1. The summed E-state index contributed by atoms with van der Waals surface area (Å²) in [7, 11) is 0. The van der Waals surface area contributed by atoms with E-state index in [4.69, 9.17) is 9.72 Å². The van der Waals surface area contributed by atoms with E-state index >= 15 is 0 Å². The van der Waals surface area contributed by atoms with Gasteiger partial charge in [-0.1, -0.05) is 56.3 Å². The maximum Gasteiger partial charge on any atom is 0.262 e. The largest absolute Gasteiger partial charge is 0.484 e. The Morgan fingerprint density at radius 3 is 2.57 bits per heavy atom. The van der Waals surface area contributed by atoms with Gasteiger partial charge in [-0.3, -0.25) is 4.79 Å². The van der Waals surface area contributed by atoms with Gasteiger partial charge in [0.1, 0.15) is 5.75 Å². The molecule has 0 aliphatic rings. The number of para-hydroxylation sites is 1. The van der Waals surface area contributed by atoms with Gasteiger partial charge in [0.25, 0.3) is 5.91 Å². The summed E-state index contributed by atoms with van der Waals surface area (Å²) < 4.78 is 5.51. The molecule has 4 aromatic rings. The number of rotatable bonds is 6. The molecule has 0 spiro atoms. The molecule has 4 rings (SSSR count). The molecule has 4 heteroatoms. The predicted molar refractivity (Wildman–Crippen MR) is 122 cm³/mol. The first-order chi connectivity index (χ1) is 14.6. The lowest BCUT2D eigenvalue weighted by Crippen LogP contribution is -2.20. The van der Waals surface area contributed by atoms with Crippen LogP contribution in [0.5, 0.6) is 5.75 Å². The van der Waals surface area contributed by atoms with Crippen molar-refractivity contribution in [2.45, 2.75) is 19.8 Å². The zero-order valence-corrected chi connectivity index (χ0v) is 17.1. The minimum atomic E-state index is -0.205. The first-order valence-corrected chi connectivity index (χ1v) is 10.1. The number of fused-ring (bicyclic) bond motifs is 1. The highest BCUT2D eigenvalue weighted by Gasteiger charge is 2.07. The average Bonchev–Trinajstić information content (AvgIpc) is 2.78. The molecule has 0 radical (unpaired) electrons. The molecule has 0 unspecified atom stereocenters. The van der Waals surface area contributed by atoms with Gasteiger partial charge in [0.05, 0.1) is 11.2 Å². The van der Waals surface area contributed by atoms with Crippen LogP contribution >= 0.6 is 0 Å². The number of aromatic nitrogens is 1. The summed E-state index contributed by atoms with van der Waals surface area (Å²) in [4.78, 5) is 17.0. The summed E-state index contributed by atoms with van der Waals surface area (Å²) in [6.45, 7) is 4.34. The van der Waals surface area contributed by atoms with Gasteiger partial charge in [0, 0.05) is 16.6 Å². The van der Waals surface area contributed by atoms with Crippen LogP contribution in [0.25, 0.3) is 22.2 Å². The van der Waals surface area contributed by atoms with E-state index in [2.05, 4.69) is 43.4 Å². The number of nitrogens with one attached hydrogen (secondary N) is 1. The quantitative estimate of drug-likeness (QED) is 0.432. The van der Waals surface area contributed by atoms with Crippen LogP contribution in [-0.4, -0.2) is 17.5 Å². The molecule has 1 heterocycles. The third-order valence-corrected chi connectivity index (χ3v) is 4.94. The van der Waals surface area contributed by atoms with Crippen molar-refractivity contribution in [3.63, 3.8) is 0 Å². The number of anilines is 1. The first kappa shape index (κ1) is 19.6.